The van der Waals surface area contributed by atoms with E-state index in [1.807, 2.05) is 13.8 Å². The zero-order valence-corrected chi connectivity index (χ0v) is 18.7. The maximum absolute atomic E-state index is 12.9. The summed E-state index contributed by atoms with van der Waals surface area (Å²) in [6.45, 7) is 5.71. The number of rotatable bonds is 7. The third-order valence-electron chi connectivity index (χ3n) is 5.20. The SMILES string of the molecule is CC(C)CNC(=O)[C@@H]1CCCN(C(=O)c2ccc(NS(=O)(=O)c3ccccc3)cc2)C1. The van der Waals surface area contributed by atoms with E-state index in [2.05, 4.69) is 10.0 Å². The topological polar surface area (TPSA) is 95.6 Å². The molecule has 2 aromatic rings. The summed E-state index contributed by atoms with van der Waals surface area (Å²) in [5, 5.41) is 2.95. The van der Waals surface area contributed by atoms with Crippen LogP contribution in [0.25, 0.3) is 0 Å². The Morgan fingerprint density at radius 1 is 1.06 bits per heavy atom. The third-order valence-corrected chi connectivity index (χ3v) is 6.60. The molecular weight excluding hydrogens is 414 g/mol. The van der Waals surface area contributed by atoms with E-state index in [1.165, 1.54) is 12.1 Å². The maximum Gasteiger partial charge on any atom is 0.261 e. The number of carbonyl (C=O) groups is 2. The predicted molar refractivity (Wildman–Crippen MR) is 120 cm³/mol. The summed E-state index contributed by atoms with van der Waals surface area (Å²) in [6, 6.07) is 14.5. The first kappa shape index (κ1) is 22.8. The van der Waals surface area contributed by atoms with Crippen molar-refractivity contribution in [1.82, 2.24) is 10.2 Å². The molecule has 0 radical (unpaired) electrons. The molecule has 0 bridgehead atoms. The standard InChI is InChI=1S/C23H29N3O4S/c1-17(2)15-24-22(27)19-7-6-14-26(16-19)23(28)18-10-12-20(13-11-18)25-31(29,30)21-8-4-3-5-9-21/h3-5,8-13,17,19,25H,6-7,14-16H2,1-2H3,(H,24,27)/t19-/m1/s1. The molecule has 1 heterocycles. The summed E-state index contributed by atoms with van der Waals surface area (Å²) in [4.78, 5) is 27.2. The molecule has 3 rings (SSSR count). The Hall–Kier alpha value is -2.87. The number of likely N-dealkylation sites (tertiary alicyclic amines) is 1. The number of piperidine rings is 1. The van der Waals surface area contributed by atoms with Gasteiger partial charge in [-0.15, -0.1) is 0 Å². The fourth-order valence-corrected chi connectivity index (χ4v) is 4.58. The number of sulfonamides is 1. The van der Waals surface area contributed by atoms with Crippen LogP contribution in [-0.2, 0) is 14.8 Å². The van der Waals surface area contributed by atoms with Crippen LogP contribution in [-0.4, -0.2) is 44.8 Å². The molecule has 0 aliphatic carbocycles. The number of carbonyl (C=O) groups excluding carboxylic acids is 2. The summed E-state index contributed by atoms with van der Waals surface area (Å²) in [5.41, 5.74) is 0.843. The minimum Gasteiger partial charge on any atom is -0.356 e. The van der Waals surface area contributed by atoms with Gasteiger partial charge in [0.05, 0.1) is 10.8 Å². The Morgan fingerprint density at radius 3 is 2.39 bits per heavy atom. The second kappa shape index (κ2) is 9.96. The zero-order chi connectivity index (χ0) is 22.4. The van der Waals surface area contributed by atoms with Gasteiger partial charge in [-0.1, -0.05) is 32.0 Å². The van der Waals surface area contributed by atoms with Crippen LogP contribution in [0.5, 0.6) is 0 Å². The van der Waals surface area contributed by atoms with Gasteiger partial charge >= 0.3 is 0 Å². The molecule has 0 aromatic heterocycles. The van der Waals surface area contributed by atoms with Crippen molar-refractivity contribution < 1.29 is 18.0 Å². The van der Waals surface area contributed by atoms with E-state index in [-0.39, 0.29) is 22.6 Å². The van der Waals surface area contributed by atoms with Crippen molar-refractivity contribution in [2.45, 2.75) is 31.6 Å². The molecule has 1 aliphatic heterocycles. The van der Waals surface area contributed by atoms with Crippen LogP contribution in [0.1, 0.15) is 37.0 Å². The molecule has 2 amide bonds. The molecule has 2 N–H and O–H groups in total. The summed E-state index contributed by atoms with van der Waals surface area (Å²) < 4.78 is 27.4. The molecule has 1 fully saturated rings. The van der Waals surface area contributed by atoms with Gasteiger partial charge in [-0.2, -0.15) is 0 Å². The van der Waals surface area contributed by atoms with Gasteiger partial charge in [0.25, 0.3) is 15.9 Å². The van der Waals surface area contributed by atoms with E-state index < -0.39 is 10.0 Å². The molecule has 7 nitrogen and oxygen atoms in total. The van der Waals surface area contributed by atoms with Crippen molar-refractivity contribution >= 4 is 27.5 Å². The predicted octanol–water partition coefficient (Wildman–Crippen LogP) is 3.11. The lowest BCUT2D eigenvalue weighted by Crippen LogP contribution is -2.46. The third kappa shape index (κ3) is 6.07. The van der Waals surface area contributed by atoms with Gasteiger partial charge in [0.2, 0.25) is 5.91 Å². The van der Waals surface area contributed by atoms with Gasteiger partial charge in [0, 0.05) is 30.9 Å². The van der Waals surface area contributed by atoms with Crippen molar-refractivity contribution in [3.63, 3.8) is 0 Å². The molecule has 1 saturated heterocycles. The van der Waals surface area contributed by atoms with Crippen molar-refractivity contribution in [3.05, 3.63) is 60.2 Å². The lowest BCUT2D eigenvalue weighted by molar-refractivity contribution is -0.126. The Labute approximate surface area is 183 Å². The number of amides is 2. The highest BCUT2D eigenvalue weighted by atomic mass is 32.2. The largest absolute Gasteiger partial charge is 0.356 e. The smallest absolute Gasteiger partial charge is 0.261 e. The fourth-order valence-electron chi connectivity index (χ4n) is 3.50. The van der Waals surface area contributed by atoms with Crippen molar-refractivity contribution in [2.75, 3.05) is 24.4 Å². The summed E-state index contributed by atoms with van der Waals surface area (Å²) in [7, 11) is -3.69. The lowest BCUT2D eigenvalue weighted by atomic mass is 9.96. The van der Waals surface area contributed by atoms with Gasteiger partial charge in [0.15, 0.2) is 0 Å². The molecule has 0 spiro atoms. The quantitative estimate of drug-likeness (QED) is 0.687. The number of anilines is 1. The van der Waals surface area contributed by atoms with Gasteiger partial charge < -0.3 is 10.2 Å². The first-order chi connectivity index (χ1) is 14.8. The number of benzene rings is 2. The Morgan fingerprint density at radius 2 is 1.74 bits per heavy atom. The molecule has 0 saturated carbocycles. The van der Waals surface area contributed by atoms with Gasteiger partial charge in [-0.05, 0) is 55.2 Å². The number of nitrogens with zero attached hydrogens (tertiary/aromatic N) is 1. The highest BCUT2D eigenvalue weighted by molar-refractivity contribution is 7.92. The molecule has 166 valence electrons. The molecule has 8 heteroatoms. The average molecular weight is 444 g/mol. The van der Waals surface area contributed by atoms with Crippen LogP contribution in [0.2, 0.25) is 0 Å². The van der Waals surface area contributed by atoms with Crippen LogP contribution in [0.3, 0.4) is 0 Å². The minimum atomic E-state index is -3.69. The Bertz CT molecular complexity index is 1000. The monoisotopic (exact) mass is 443 g/mol. The highest BCUT2D eigenvalue weighted by Crippen LogP contribution is 2.21. The van der Waals surface area contributed by atoms with Crippen molar-refractivity contribution in [3.8, 4) is 0 Å². The van der Waals surface area contributed by atoms with Crippen molar-refractivity contribution in [2.24, 2.45) is 11.8 Å². The molecule has 31 heavy (non-hydrogen) atoms. The summed E-state index contributed by atoms with van der Waals surface area (Å²) in [6.07, 6.45) is 1.55. The van der Waals surface area contributed by atoms with Crippen LogP contribution < -0.4 is 10.0 Å². The molecular formula is C23H29N3O4S. The maximum atomic E-state index is 12.9. The van der Waals surface area contributed by atoms with E-state index in [0.717, 1.165) is 12.8 Å². The summed E-state index contributed by atoms with van der Waals surface area (Å²) in [5.74, 6) is 0.0206. The van der Waals surface area contributed by atoms with E-state index >= 15 is 0 Å². The van der Waals surface area contributed by atoms with Crippen LogP contribution >= 0.6 is 0 Å². The zero-order valence-electron chi connectivity index (χ0n) is 17.9. The minimum absolute atomic E-state index is 0.00290. The second-order valence-corrected chi connectivity index (χ2v) is 9.91. The second-order valence-electron chi connectivity index (χ2n) is 8.23. The van der Waals surface area contributed by atoms with Gasteiger partial charge in [0.1, 0.15) is 0 Å². The Kier molecular flexibility index (Phi) is 7.33. The van der Waals surface area contributed by atoms with Gasteiger partial charge in [-0.25, -0.2) is 8.42 Å². The Balaban J connectivity index is 1.63. The number of hydrogen-bond acceptors (Lipinski definition) is 4. The molecule has 2 aromatic carbocycles. The fraction of sp³-hybridized carbons (Fsp3) is 0.391. The highest BCUT2D eigenvalue weighted by Gasteiger charge is 2.29. The number of hydrogen-bond donors (Lipinski definition) is 2. The van der Waals surface area contributed by atoms with Crippen LogP contribution in [0, 0.1) is 11.8 Å². The van der Waals surface area contributed by atoms with Crippen LogP contribution in [0.15, 0.2) is 59.5 Å². The van der Waals surface area contributed by atoms with Crippen LogP contribution in [0.4, 0.5) is 5.69 Å². The van der Waals surface area contributed by atoms with Gasteiger partial charge in [-0.3, -0.25) is 14.3 Å². The van der Waals surface area contributed by atoms with E-state index in [4.69, 9.17) is 0 Å². The lowest BCUT2D eigenvalue weighted by Gasteiger charge is -2.32. The summed E-state index contributed by atoms with van der Waals surface area (Å²) >= 11 is 0. The normalized spacial score (nSPS) is 16.7. The van der Waals surface area contributed by atoms with E-state index in [9.17, 15) is 18.0 Å². The first-order valence-electron chi connectivity index (χ1n) is 10.5. The first-order valence-corrected chi connectivity index (χ1v) is 12.0. The molecule has 1 aliphatic rings. The van der Waals surface area contributed by atoms with Crippen molar-refractivity contribution in [1.29, 1.82) is 0 Å². The molecule has 1 atom stereocenters. The number of nitrogens with one attached hydrogen (secondary N) is 2. The average Bonchev–Trinajstić information content (AvgIpc) is 2.78. The van der Waals surface area contributed by atoms with E-state index in [0.29, 0.717) is 36.8 Å². The molecule has 0 unspecified atom stereocenters. The van der Waals surface area contributed by atoms with E-state index in [1.54, 1.807) is 47.4 Å².